The average molecular weight is 178 g/mol. The zero-order valence-electron chi connectivity index (χ0n) is 8.32. The Kier molecular flexibility index (Phi) is 2.69. The van der Waals surface area contributed by atoms with Crippen LogP contribution in [0.1, 0.15) is 12.8 Å². The van der Waals surface area contributed by atoms with Crippen molar-refractivity contribution < 1.29 is 0 Å². The van der Waals surface area contributed by atoms with Gasteiger partial charge in [0.05, 0.1) is 0 Å². The summed E-state index contributed by atoms with van der Waals surface area (Å²) in [6.07, 6.45) is 7.08. The summed E-state index contributed by atoms with van der Waals surface area (Å²) in [5.74, 6) is 0.853. The molecule has 1 aromatic rings. The molecule has 1 aliphatic rings. The molecule has 0 saturated carbocycles. The van der Waals surface area contributed by atoms with Crippen molar-refractivity contribution in [2.45, 2.75) is 19.4 Å². The molecule has 0 bridgehead atoms. The molecular weight excluding hydrogens is 160 g/mol. The first kappa shape index (κ1) is 8.82. The van der Waals surface area contributed by atoms with Crippen LogP contribution in [0.4, 0.5) is 0 Å². The average Bonchev–Trinajstić information content (AvgIpc) is 2.57. The van der Waals surface area contributed by atoms with Gasteiger partial charge in [-0.2, -0.15) is 0 Å². The van der Waals surface area contributed by atoms with Gasteiger partial charge in [-0.1, -0.05) is 0 Å². The molecule has 1 aliphatic heterocycles. The third kappa shape index (κ3) is 2.34. The van der Waals surface area contributed by atoms with Crippen LogP contribution in [0.5, 0.6) is 0 Å². The van der Waals surface area contributed by atoms with Crippen LogP contribution in [0.25, 0.3) is 0 Å². The number of rotatable bonds is 2. The number of piperidine rings is 1. The van der Waals surface area contributed by atoms with Crippen LogP contribution in [0.2, 0.25) is 0 Å². The summed E-state index contributed by atoms with van der Waals surface area (Å²) in [6.45, 7) is 3.73. The fourth-order valence-corrected chi connectivity index (χ4v) is 2.21. The molecule has 1 unspecified atom stereocenters. The first-order valence-electron chi connectivity index (χ1n) is 5.14. The maximum absolute atomic E-state index is 2.44. The van der Waals surface area contributed by atoms with Gasteiger partial charge >= 0.3 is 0 Å². The lowest BCUT2D eigenvalue weighted by atomic mass is 9.98. The largest absolute Gasteiger partial charge is 0.354 e. The van der Waals surface area contributed by atoms with Crippen molar-refractivity contribution in [1.82, 2.24) is 9.47 Å². The molecule has 2 heteroatoms. The van der Waals surface area contributed by atoms with Crippen molar-refractivity contribution in [1.29, 1.82) is 0 Å². The minimum atomic E-state index is 0.853. The lowest BCUT2D eigenvalue weighted by Gasteiger charge is -2.29. The van der Waals surface area contributed by atoms with Gasteiger partial charge in [0.25, 0.3) is 0 Å². The van der Waals surface area contributed by atoms with E-state index >= 15 is 0 Å². The summed E-state index contributed by atoms with van der Waals surface area (Å²) in [5, 5.41) is 0. The van der Waals surface area contributed by atoms with E-state index in [0.717, 1.165) is 5.92 Å². The van der Waals surface area contributed by atoms with Gasteiger partial charge in [-0.3, -0.25) is 0 Å². The van der Waals surface area contributed by atoms with Gasteiger partial charge < -0.3 is 9.47 Å². The number of aromatic nitrogens is 1. The van der Waals surface area contributed by atoms with E-state index in [1.165, 1.54) is 32.5 Å². The Morgan fingerprint density at radius 2 is 2.08 bits per heavy atom. The van der Waals surface area contributed by atoms with Crippen LogP contribution in [-0.4, -0.2) is 29.6 Å². The summed E-state index contributed by atoms with van der Waals surface area (Å²) in [5.41, 5.74) is 0. The molecule has 0 aromatic carbocycles. The maximum Gasteiger partial charge on any atom is 0.0260 e. The summed E-state index contributed by atoms with van der Waals surface area (Å²) < 4.78 is 2.30. The third-order valence-electron chi connectivity index (χ3n) is 2.86. The first-order chi connectivity index (χ1) is 6.34. The van der Waals surface area contributed by atoms with Crippen LogP contribution in [0.15, 0.2) is 24.5 Å². The number of hydrogen-bond donors (Lipinski definition) is 0. The molecule has 2 heterocycles. The number of likely N-dealkylation sites (tertiary alicyclic amines) is 1. The number of hydrogen-bond acceptors (Lipinski definition) is 1. The number of nitrogens with zero attached hydrogens (tertiary/aromatic N) is 2. The SMILES string of the molecule is CN1CCCC(Cn2cccc2)C1. The molecule has 1 fully saturated rings. The molecule has 72 valence electrons. The van der Waals surface area contributed by atoms with Crippen molar-refractivity contribution in [3.8, 4) is 0 Å². The highest BCUT2D eigenvalue weighted by molar-refractivity contribution is 4.91. The molecule has 13 heavy (non-hydrogen) atoms. The van der Waals surface area contributed by atoms with E-state index in [1.807, 2.05) is 0 Å². The Balaban J connectivity index is 1.87. The van der Waals surface area contributed by atoms with Crippen molar-refractivity contribution >= 4 is 0 Å². The highest BCUT2D eigenvalue weighted by Gasteiger charge is 2.16. The monoisotopic (exact) mass is 178 g/mol. The molecule has 0 amide bonds. The summed E-state index contributed by atoms with van der Waals surface area (Å²) >= 11 is 0. The minimum Gasteiger partial charge on any atom is -0.354 e. The lowest BCUT2D eigenvalue weighted by Crippen LogP contribution is -2.33. The molecule has 0 spiro atoms. The Morgan fingerprint density at radius 3 is 2.77 bits per heavy atom. The zero-order chi connectivity index (χ0) is 9.10. The van der Waals surface area contributed by atoms with Gasteiger partial charge in [0.1, 0.15) is 0 Å². The standard InChI is InChI=1S/C11H18N2/c1-12-6-4-5-11(9-12)10-13-7-2-3-8-13/h2-3,7-8,11H,4-6,9-10H2,1H3. The fourth-order valence-electron chi connectivity index (χ4n) is 2.21. The van der Waals surface area contributed by atoms with E-state index in [-0.39, 0.29) is 0 Å². The summed E-state index contributed by atoms with van der Waals surface area (Å²) in [4.78, 5) is 2.44. The van der Waals surface area contributed by atoms with Gasteiger partial charge in [0.15, 0.2) is 0 Å². The van der Waals surface area contributed by atoms with Gasteiger partial charge in [0.2, 0.25) is 0 Å². The molecular formula is C11H18N2. The molecule has 0 radical (unpaired) electrons. The van der Waals surface area contributed by atoms with Crippen LogP contribution < -0.4 is 0 Å². The van der Waals surface area contributed by atoms with Crippen molar-refractivity contribution in [2.75, 3.05) is 20.1 Å². The highest BCUT2D eigenvalue weighted by Crippen LogP contribution is 2.16. The first-order valence-corrected chi connectivity index (χ1v) is 5.14. The van der Waals surface area contributed by atoms with E-state index in [4.69, 9.17) is 0 Å². The summed E-state index contributed by atoms with van der Waals surface area (Å²) in [7, 11) is 2.22. The van der Waals surface area contributed by atoms with Gasteiger partial charge in [0, 0.05) is 25.5 Å². The van der Waals surface area contributed by atoms with E-state index in [1.54, 1.807) is 0 Å². The van der Waals surface area contributed by atoms with E-state index in [9.17, 15) is 0 Å². The van der Waals surface area contributed by atoms with E-state index < -0.39 is 0 Å². The lowest BCUT2D eigenvalue weighted by molar-refractivity contribution is 0.194. The molecule has 1 aromatic heterocycles. The van der Waals surface area contributed by atoms with Crippen LogP contribution in [-0.2, 0) is 6.54 Å². The topological polar surface area (TPSA) is 8.17 Å². The molecule has 0 N–H and O–H groups in total. The molecule has 2 rings (SSSR count). The minimum absolute atomic E-state index is 0.853. The summed E-state index contributed by atoms with van der Waals surface area (Å²) in [6, 6.07) is 4.21. The molecule has 2 nitrogen and oxygen atoms in total. The second kappa shape index (κ2) is 3.97. The van der Waals surface area contributed by atoms with Crippen molar-refractivity contribution in [3.05, 3.63) is 24.5 Å². The molecule has 0 aliphatic carbocycles. The Hall–Kier alpha value is -0.760. The van der Waals surface area contributed by atoms with Crippen LogP contribution >= 0.6 is 0 Å². The predicted molar refractivity (Wildman–Crippen MR) is 54.7 cm³/mol. The fraction of sp³-hybridized carbons (Fsp3) is 0.636. The van der Waals surface area contributed by atoms with E-state index in [2.05, 4.69) is 41.0 Å². The van der Waals surface area contributed by atoms with E-state index in [0.29, 0.717) is 0 Å². The van der Waals surface area contributed by atoms with Crippen molar-refractivity contribution in [2.24, 2.45) is 5.92 Å². The Morgan fingerprint density at radius 1 is 1.31 bits per heavy atom. The second-order valence-corrected chi connectivity index (χ2v) is 4.15. The van der Waals surface area contributed by atoms with Crippen LogP contribution in [0, 0.1) is 5.92 Å². The van der Waals surface area contributed by atoms with Gasteiger partial charge in [-0.05, 0) is 44.5 Å². The molecule has 1 saturated heterocycles. The smallest absolute Gasteiger partial charge is 0.0260 e. The van der Waals surface area contributed by atoms with Crippen molar-refractivity contribution in [3.63, 3.8) is 0 Å². The third-order valence-corrected chi connectivity index (χ3v) is 2.86. The maximum atomic E-state index is 2.44. The Bertz CT molecular complexity index is 241. The second-order valence-electron chi connectivity index (χ2n) is 4.15. The molecule has 1 atom stereocenters. The normalized spacial score (nSPS) is 24.8. The van der Waals surface area contributed by atoms with Gasteiger partial charge in [-0.25, -0.2) is 0 Å². The highest BCUT2D eigenvalue weighted by atomic mass is 15.1. The van der Waals surface area contributed by atoms with Gasteiger partial charge in [-0.15, -0.1) is 0 Å². The predicted octanol–water partition coefficient (Wildman–Crippen LogP) is 1.83. The van der Waals surface area contributed by atoms with Crippen LogP contribution in [0.3, 0.4) is 0 Å². The Labute approximate surface area is 80.2 Å². The zero-order valence-corrected chi connectivity index (χ0v) is 8.32. The quantitative estimate of drug-likeness (QED) is 0.670.